The Hall–Kier alpha value is -2.13. The Balaban J connectivity index is 1.99. The zero-order valence-electron chi connectivity index (χ0n) is 13.5. The van der Waals surface area contributed by atoms with Gasteiger partial charge in [-0.15, -0.1) is 0 Å². The smallest absolute Gasteiger partial charge is 0.257 e. The standard InChI is InChI=1S/C20H23NO2/c1-2-3-4-10-15-21-19(22)17-13-8-9-14-18(17)20(21,23)16-11-6-5-7-12-16/h5-9,11-14,23H,2-4,10,15H2,1H3. The molecular weight excluding hydrogens is 286 g/mol. The number of amides is 1. The number of fused-ring (bicyclic) bond motifs is 1. The molecule has 0 aliphatic carbocycles. The summed E-state index contributed by atoms with van der Waals surface area (Å²) in [4.78, 5) is 14.4. The Morgan fingerprint density at radius 2 is 1.65 bits per heavy atom. The zero-order chi connectivity index (χ0) is 16.3. The van der Waals surface area contributed by atoms with Crippen LogP contribution in [0.1, 0.15) is 54.1 Å². The molecule has 1 aliphatic heterocycles. The van der Waals surface area contributed by atoms with Crippen molar-refractivity contribution in [3.63, 3.8) is 0 Å². The summed E-state index contributed by atoms with van der Waals surface area (Å²) in [6.45, 7) is 2.73. The molecule has 1 N–H and O–H groups in total. The van der Waals surface area contributed by atoms with Gasteiger partial charge < -0.3 is 10.0 Å². The quantitative estimate of drug-likeness (QED) is 0.822. The summed E-state index contributed by atoms with van der Waals surface area (Å²) in [7, 11) is 0. The van der Waals surface area contributed by atoms with E-state index in [0.29, 0.717) is 17.7 Å². The van der Waals surface area contributed by atoms with E-state index in [4.69, 9.17) is 0 Å². The fourth-order valence-electron chi connectivity index (χ4n) is 3.35. The van der Waals surface area contributed by atoms with Gasteiger partial charge in [0, 0.05) is 23.2 Å². The number of benzene rings is 2. The first kappa shape index (κ1) is 15.8. The third kappa shape index (κ3) is 2.66. The number of carbonyl (C=O) groups is 1. The predicted molar refractivity (Wildman–Crippen MR) is 91.1 cm³/mol. The summed E-state index contributed by atoms with van der Waals surface area (Å²) in [5.74, 6) is -0.0801. The number of hydrogen-bond acceptors (Lipinski definition) is 2. The van der Waals surface area contributed by atoms with E-state index in [1.807, 2.05) is 48.5 Å². The van der Waals surface area contributed by atoms with Gasteiger partial charge in [0.1, 0.15) is 0 Å². The first-order chi connectivity index (χ1) is 11.2. The van der Waals surface area contributed by atoms with Crippen LogP contribution in [0.4, 0.5) is 0 Å². The van der Waals surface area contributed by atoms with Crippen molar-refractivity contribution in [1.82, 2.24) is 4.90 Å². The molecule has 2 aromatic rings. The minimum Gasteiger partial charge on any atom is -0.363 e. The maximum atomic E-state index is 12.8. The van der Waals surface area contributed by atoms with E-state index >= 15 is 0 Å². The number of nitrogens with zero attached hydrogens (tertiary/aromatic N) is 1. The molecular formula is C20H23NO2. The highest BCUT2D eigenvalue weighted by Gasteiger charge is 2.49. The molecule has 0 radical (unpaired) electrons. The van der Waals surface area contributed by atoms with E-state index < -0.39 is 5.72 Å². The first-order valence-electron chi connectivity index (χ1n) is 8.39. The molecule has 3 heteroatoms. The average Bonchev–Trinajstić information content (AvgIpc) is 2.82. The number of carbonyl (C=O) groups excluding carboxylic acids is 1. The van der Waals surface area contributed by atoms with Crippen molar-refractivity contribution in [3.8, 4) is 0 Å². The fourth-order valence-corrected chi connectivity index (χ4v) is 3.35. The van der Waals surface area contributed by atoms with E-state index in [1.54, 1.807) is 11.0 Å². The van der Waals surface area contributed by atoms with Crippen LogP contribution in [0.3, 0.4) is 0 Å². The Kier molecular flexibility index (Phi) is 4.49. The monoisotopic (exact) mass is 309 g/mol. The maximum Gasteiger partial charge on any atom is 0.257 e. The second-order valence-corrected chi connectivity index (χ2v) is 6.10. The highest BCUT2D eigenvalue weighted by atomic mass is 16.3. The van der Waals surface area contributed by atoms with Gasteiger partial charge in [0.2, 0.25) is 0 Å². The van der Waals surface area contributed by atoms with Crippen LogP contribution in [0.15, 0.2) is 54.6 Å². The van der Waals surface area contributed by atoms with Crippen LogP contribution in [-0.4, -0.2) is 22.5 Å². The molecule has 3 rings (SSSR count). The second-order valence-electron chi connectivity index (χ2n) is 6.10. The van der Waals surface area contributed by atoms with Gasteiger partial charge in [-0.2, -0.15) is 0 Å². The van der Waals surface area contributed by atoms with Gasteiger partial charge in [0.15, 0.2) is 5.72 Å². The van der Waals surface area contributed by atoms with Crippen LogP contribution in [-0.2, 0) is 5.72 Å². The molecule has 2 aromatic carbocycles. The van der Waals surface area contributed by atoms with Crippen molar-refractivity contribution in [1.29, 1.82) is 0 Å². The van der Waals surface area contributed by atoms with E-state index in [9.17, 15) is 9.90 Å². The van der Waals surface area contributed by atoms with Crippen molar-refractivity contribution in [2.24, 2.45) is 0 Å². The molecule has 0 spiro atoms. The van der Waals surface area contributed by atoms with Gasteiger partial charge in [0.05, 0.1) is 0 Å². The van der Waals surface area contributed by atoms with E-state index in [1.165, 1.54) is 0 Å². The molecule has 0 saturated carbocycles. The van der Waals surface area contributed by atoms with Crippen molar-refractivity contribution < 1.29 is 9.90 Å². The molecule has 120 valence electrons. The van der Waals surface area contributed by atoms with Gasteiger partial charge in [0.25, 0.3) is 5.91 Å². The zero-order valence-corrected chi connectivity index (χ0v) is 13.5. The average molecular weight is 309 g/mol. The van der Waals surface area contributed by atoms with Gasteiger partial charge in [-0.25, -0.2) is 0 Å². The van der Waals surface area contributed by atoms with Crippen LogP contribution in [0.5, 0.6) is 0 Å². The maximum absolute atomic E-state index is 12.8. The molecule has 0 fully saturated rings. The number of rotatable bonds is 6. The van der Waals surface area contributed by atoms with Crippen molar-refractivity contribution in [3.05, 3.63) is 71.3 Å². The molecule has 0 bridgehead atoms. The first-order valence-corrected chi connectivity index (χ1v) is 8.39. The van der Waals surface area contributed by atoms with E-state index in [-0.39, 0.29) is 5.91 Å². The third-order valence-corrected chi connectivity index (χ3v) is 4.58. The molecule has 1 unspecified atom stereocenters. The topological polar surface area (TPSA) is 40.5 Å². The molecule has 23 heavy (non-hydrogen) atoms. The van der Waals surface area contributed by atoms with Crippen molar-refractivity contribution >= 4 is 5.91 Å². The molecule has 3 nitrogen and oxygen atoms in total. The summed E-state index contributed by atoms with van der Waals surface area (Å²) < 4.78 is 0. The molecule has 0 saturated heterocycles. The minimum absolute atomic E-state index is 0.0801. The third-order valence-electron chi connectivity index (χ3n) is 4.58. The summed E-state index contributed by atoms with van der Waals surface area (Å²) >= 11 is 0. The van der Waals surface area contributed by atoms with Gasteiger partial charge in [-0.3, -0.25) is 4.79 Å². The van der Waals surface area contributed by atoms with E-state index in [0.717, 1.165) is 31.2 Å². The van der Waals surface area contributed by atoms with Crippen LogP contribution in [0.25, 0.3) is 0 Å². The Bertz CT molecular complexity index is 683. The van der Waals surface area contributed by atoms with E-state index in [2.05, 4.69) is 6.92 Å². The SMILES string of the molecule is CCCCCCN1C(=O)c2ccccc2C1(O)c1ccccc1. The van der Waals surface area contributed by atoms with Crippen LogP contribution < -0.4 is 0 Å². The molecule has 1 heterocycles. The summed E-state index contributed by atoms with van der Waals surface area (Å²) in [6.07, 6.45) is 4.28. The van der Waals surface area contributed by atoms with Crippen LogP contribution in [0.2, 0.25) is 0 Å². The fraction of sp³-hybridized carbons (Fsp3) is 0.350. The largest absolute Gasteiger partial charge is 0.363 e. The molecule has 1 aliphatic rings. The Morgan fingerprint density at radius 3 is 2.39 bits per heavy atom. The van der Waals surface area contributed by atoms with Crippen molar-refractivity contribution in [2.45, 2.75) is 38.3 Å². The Labute approximate surface area is 137 Å². The van der Waals surface area contributed by atoms with Gasteiger partial charge >= 0.3 is 0 Å². The van der Waals surface area contributed by atoms with Crippen LogP contribution in [0, 0.1) is 0 Å². The number of hydrogen-bond donors (Lipinski definition) is 1. The van der Waals surface area contributed by atoms with Crippen molar-refractivity contribution in [2.75, 3.05) is 6.54 Å². The number of unbranched alkanes of at least 4 members (excludes halogenated alkanes) is 3. The van der Waals surface area contributed by atoms with Crippen LogP contribution >= 0.6 is 0 Å². The Morgan fingerprint density at radius 1 is 0.957 bits per heavy atom. The lowest BCUT2D eigenvalue weighted by molar-refractivity contribution is -0.0505. The molecule has 1 amide bonds. The minimum atomic E-state index is -1.36. The second kappa shape index (κ2) is 6.55. The predicted octanol–water partition coefficient (Wildman–Crippen LogP) is 3.92. The molecule has 1 atom stereocenters. The lowest BCUT2D eigenvalue weighted by atomic mass is 9.94. The normalized spacial score (nSPS) is 19.9. The highest BCUT2D eigenvalue weighted by Crippen LogP contribution is 2.42. The highest BCUT2D eigenvalue weighted by molar-refractivity contribution is 6.00. The lowest BCUT2D eigenvalue weighted by Gasteiger charge is -2.35. The lowest BCUT2D eigenvalue weighted by Crippen LogP contribution is -2.45. The summed E-state index contributed by atoms with van der Waals surface area (Å²) in [5.41, 5.74) is 0.677. The number of aliphatic hydroxyl groups is 1. The summed E-state index contributed by atoms with van der Waals surface area (Å²) in [5, 5.41) is 11.5. The van der Waals surface area contributed by atoms with Gasteiger partial charge in [-0.1, -0.05) is 74.7 Å². The summed E-state index contributed by atoms with van der Waals surface area (Å²) in [6, 6.07) is 16.9. The van der Waals surface area contributed by atoms with Gasteiger partial charge in [-0.05, 0) is 12.5 Å². The molecule has 0 aromatic heterocycles.